The molecule has 0 saturated carbocycles. The number of fused-ring (bicyclic) bond motifs is 4. The lowest BCUT2D eigenvalue weighted by atomic mass is 9.94. The summed E-state index contributed by atoms with van der Waals surface area (Å²) in [6.07, 6.45) is 3.58. The summed E-state index contributed by atoms with van der Waals surface area (Å²) in [6, 6.07) is 16.5. The maximum Gasteiger partial charge on any atom is 0.410 e. The van der Waals surface area contributed by atoms with Crippen LogP contribution in [0.3, 0.4) is 0 Å². The molecule has 2 fully saturated rings. The third-order valence-corrected chi connectivity index (χ3v) is 6.37. The minimum atomic E-state index is -0.492. The smallest absolute Gasteiger partial charge is 0.410 e. The first kappa shape index (κ1) is 19.7. The minimum absolute atomic E-state index is 0.176. The van der Waals surface area contributed by atoms with E-state index in [2.05, 4.69) is 17.0 Å². The lowest BCUT2D eigenvalue weighted by Crippen LogP contribution is -2.53. The predicted octanol–water partition coefficient (Wildman–Crippen LogP) is 5.73. The van der Waals surface area contributed by atoms with Gasteiger partial charge in [0, 0.05) is 24.2 Å². The third-order valence-electron chi connectivity index (χ3n) is 6.37. The molecule has 0 aromatic heterocycles. The Morgan fingerprint density at radius 1 is 1.03 bits per heavy atom. The normalized spacial score (nSPS) is 24.0. The highest BCUT2D eigenvalue weighted by molar-refractivity contribution is 5.79. The number of carbonyl (C=O) groups excluding carboxylic acids is 1. The standard InChI is InChI=1S/C25H27N3O3/c1-25(2,3)31-24(29)27-17-9-10-18(27)14-19(13-17)28-20-6-4-5-7-22(20)30-23-12-16(15-26)8-11-21(23)28/h4-8,11-12,17-19H,9-10,13-14H2,1-3H3. The number of rotatable bonds is 1. The van der Waals surface area contributed by atoms with E-state index in [1.54, 1.807) is 0 Å². The molecule has 6 nitrogen and oxygen atoms in total. The molecule has 2 aromatic carbocycles. The fourth-order valence-electron chi connectivity index (χ4n) is 5.22. The zero-order valence-corrected chi connectivity index (χ0v) is 18.2. The van der Waals surface area contributed by atoms with Crippen LogP contribution in [0.25, 0.3) is 0 Å². The number of amides is 1. The summed E-state index contributed by atoms with van der Waals surface area (Å²) in [6.45, 7) is 5.74. The number of para-hydroxylation sites is 2. The minimum Gasteiger partial charge on any atom is -0.453 e. The SMILES string of the molecule is CC(C)(C)OC(=O)N1C2CCC1CC(N1c3ccccc3Oc3cc(C#N)ccc31)C2. The number of nitriles is 1. The highest BCUT2D eigenvalue weighted by Gasteiger charge is 2.47. The molecule has 160 valence electrons. The summed E-state index contributed by atoms with van der Waals surface area (Å²) < 4.78 is 11.8. The molecule has 1 amide bonds. The second-order valence-corrected chi connectivity index (χ2v) is 9.63. The van der Waals surface area contributed by atoms with E-state index in [1.165, 1.54) is 0 Å². The maximum atomic E-state index is 12.9. The van der Waals surface area contributed by atoms with E-state index in [9.17, 15) is 10.1 Å². The van der Waals surface area contributed by atoms with Crippen LogP contribution in [0.4, 0.5) is 16.2 Å². The summed E-state index contributed by atoms with van der Waals surface area (Å²) in [5.41, 5.74) is 2.11. The second-order valence-electron chi connectivity index (χ2n) is 9.63. The summed E-state index contributed by atoms with van der Waals surface area (Å²) in [7, 11) is 0. The van der Waals surface area contributed by atoms with E-state index in [-0.39, 0.29) is 24.2 Å². The van der Waals surface area contributed by atoms with Crippen molar-refractivity contribution in [3.63, 3.8) is 0 Å². The molecule has 0 N–H and O–H groups in total. The number of hydrogen-bond donors (Lipinski definition) is 0. The molecule has 3 heterocycles. The van der Waals surface area contributed by atoms with Gasteiger partial charge in [0.2, 0.25) is 0 Å². The highest BCUT2D eigenvalue weighted by atomic mass is 16.6. The van der Waals surface area contributed by atoms with E-state index >= 15 is 0 Å². The molecule has 2 aromatic rings. The molecule has 6 heteroatoms. The molecule has 0 spiro atoms. The molecule has 0 radical (unpaired) electrons. The van der Waals surface area contributed by atoms with Crippen molar-refractivity contribution in [1.29, 1.82) is 5.26 Å². The Balaban J connectivity index is 1.47. The average Bonchev–Trinajstić information content (AvgIpc) is 3.00. The Kier molecular flexibility index (Phi) is 4.58. The van der Waals surface area contributed by atoms with Gasteiger partial charge in [0.1, 0.15) is 5.60 Å². The number of hydrogen-bond acceptors (Lipinski definition) is 5. The van der Waals surface area contributed by atoms with E-state index in [1.807, 2.05) is 62.1 Å². The van der Waals surface area contributed by atoms with Crippen molar-refractivity contribution in [2.45, 2.75) is 70.2 Å². The van der Waals surface area contributed by atoms with Crippen molar-refractivity contribution in [3.8, 4) is 17.6 Å². The van der Waals surface area contributed by atoms with Crippen molar-refractivity contribution in [2.24, 2.45) is 0 Å². The molecule has 3 aliphatic heterocycles. The molecule has 3 aliphatic rings. The van der Waals surface area contributed by atoms with Crippen molar-refractivity contribution in [3.05, 3.63) is 48.0 Å². The zero-order chi connectivity index (χ0) is 21.8. The number of piperidine rings is 1. The van der Waals surface area contributed by atoms with Gasteiger partial charge in [-0.25, -0.2) is 4.79 Å². The van der Waals surface area contributed by atoms with Crippen LogP contribution in [-0.2, 0) is 4.74 Å². The first-order valence-corrected chi connectivity index (χ1v) is 11.0. The fraction of sp³-hybridized carbons (Fsp3) is 0.440. The lowest BCUT2D eigenvalue weighted by Gasteiger charge is -2.45. The number of benzene rings is 2. The largest absolute Gasteiger partial charge is 0.453 e. The average molecular weight is 418 g/mol. The molecule has 2 unspecified atom stereocenters. The van der Waals surface area contributed by atoms with Crippen LogP contribution in [0.2, 0.25) is 0 Å². The van der Waals surface area contributed by atoms with Crippen molar-refractivity contribution in [1.82, 2.24) is 4.90 Å². The Morgan fingerprint density at radius 2 is 1.71 bits per heavy atom. The van der Waals surface area contributed by atoms with Gasteiger partial charge < -0.3 is 19.3 Å². The van der Waals surface area contributed by atoms with Crippen molar-refractivity contribution in [2.75, 3.05) is 4.90 Å². The van der Waals surface area contributed by atoms with Gasteiger partial charge in [-0.2, -0.15) is 5.26 Å². The first-order valence-electron chi connectivity index (χ1n) is 11.0. The van der Waals surface area contributed by atoms with Gasteiger partial charge in [0.05, 0.1) is 23.0 Å². The third kappa shape index (κ3) is 3.48. The molecule has 5 rings (SSSR count). The van der Waals surface area contributed by atoms with Crippen LogP contribution in [0, 0.1) is 11.3 Å². The number of nitrogens with zero attached hydrogens (tertiary/aromatic N) is 3. The first-order chi connectivity index (χ1) is 14.8. The predicted molar refractivity (Wildman–Crippen MR) is 118 cm³/mol. The summed E-state index contributed by atoms with van der Waals surface area (Å²) in [5, 5.41) is 9.32. The molecule has 2 saturated heterocycles. The quantitative estimate of drug-likeness (QED) is 0.593. The Morgan fingerprint density at radius 3 is 2.39 bits per heavy atom. The van der Waals surface area contributed by atoms with Gasteiger partial charge in [0.15, 0.2) is 11.5 Å². The van der Waals surface area contributed by atoms with E-state index in [4.69, 9.17) is 9.47 Å². The Labute approximate surface area is 183 Å². The topological polar surface area (TPSA) is 65.8 Å². The van der Waals surface area contributed by atoms with Crippen LogP contribution < -0.4 is 9.64 Å². The van der Waals surface area contributed by atoms with Gasteiger partial charge in [-0.3, -0.25) is 0 Å². The molecule has 2 bridgehead atoms. The second kappa shape index (κ2) is 7.19. The Bertz CT molecular complexity index is 1050. The molecule has 31 heavy (non-hydrogen) atoms. The summed E-state index contributed by atoms with van der Waals surface area (Å²) in [4.78, 5) is 17.2. The van der Waals surface area contributed by atoms with Gasteiger partial charge in [0.25, 0.3) is 0 Å². The van der Waals surface area contributed by atoms with E-state index in [0.717, 1.165) is 42.8 Å². The zero-order valence-electron chi connectivity index (χ0n) is 18.2. The van der Waals surface area contributed by atoms with Crippen LogP contribution in [0.5, 0.6) is 11.5 Å². The van der Waals surface area contributed by atoms with Crippen LogP contribution in [0.1, 0.15) is 52.0 Å². The fourth-order valence-corrected chi connectivity index (χ4v) is 5.22. The van der Waals surface area contributed by atoms with Crippen LogP contribution in [0.15, 0.2) is 42.5 Å². The summed E-state index contributed by atoms with van der Waals surface area (Å²) in [5.74, 6) is 1.51. The molecular weight excluding hydrogens is 390 g/mol. The maximum absolute atomic E-state index is 12.9. The van der Waals surface area contributed by atoms with Crippen LogP contribution >= 0.6 is 0 Å². The van der Waals surface area contributed by atoms with Gasteiger partial charge in [-0.05, 0) is 70.7 Å². The van der Waals surface area contributed by atoms with Crippen molar-refractivity contribution >= 4 is 17.5 Å². The van der Waals surface area contributed by atoms with Gasteiger partial charge in [-0.15, -0.1) is 0 Å². The lowest BCUT2D eigenvalue weighted by molar-refractivity contribution is 0.00613. The molecule has 2 atom stereocenters. The Hall–Kier alpha value is -3.20. The molecule has 0 aliphatic carbocycles. The van der Waals surface area contributed by atoms with Gasteiger partial charge in [-0.1, -0.05) is 12.1 Å². The highest BCUT2D eigenvalue weighted by Crippen LogP contribution is 2.51. The number of ether oxygens (including phenoxy) is 2. The number of carbonyl (C=O) groups is 1. The summed E-state index contributed by atoms with van der Waals surface area (Å²) >= 11 is 0. The van der Waals surface area contributed by atoms with E-state index < -0.39 is 5.60 Å². The van der Waals surface area contributed by atoms with E-state index in [0.29, 0.717) is 11.3 Å². The van der Waals surface area contributed by atoms with Crippen molar-refractivity contribution < 1.29 is 14.3 Å². The van der Waals surface area contributed by atoms with Gasteiger partial charge >= 0.3 is 6.09 Å². The number of anilines is 2. The molecular formula is C25H27N3O3. The monoisotopic (exact) mass is 417 g/mol. The van der Waals surface area contributed by atoms with Crippen LogP contribution in [-0.4, -0.2) is 34.7 Å².